The van der Waals surface area contributed by atoms with Gasteiger partial charge in [-0.05, 0) is 29.3 Å². The average molecular weight is 448 g/mol. The van der Waals surface area contributed by atoms with Gasteiger partial charge in [0.05, 0.1) is 5.69 Å². The summed E-state index contributed by atoms with van der Waals surface area (Å²) >= 11 is 6.13. The van der Waals surface area contributed by atoms with Crippen LogP contribution in [0.4, 0.5) is 10.7 Å². The van der Waals surface area contributed by atoms with Crippen molar-refractivity contribution >= 4 is 29.5 Å². The van der Waals surface area contributed by atoms with Crippen molar-refractivity contribution in [2.45, 2.75) is 6.61 Å². The highest BCUT2D eigenvalue weighted by atomic mass is 35.5. The lowest BCUT2D eigenvalue weighted by atomic mass is 10.0. The summed E-state index contributed by atoms with van der Waals surface area (Å²) in [6, 6.07) is 17.0. The third kappa shape index (κ3) is 4.45. The summed E-state index contributed by atoms with van der Waals surface area (Å²) in [5, 5.41) is 0.533. The largest absolute Gasteiger partial charge is 0.456 e. The Morgan fingerprint density at radius 2 is 1.81 bits per heavy atom. The maximum Gasteiger partial charge on any atom is 0.355 e. The van der Waals surface area contributed by atoms with Gasteiger partial charge in [-0.3, -0.25) is 4.57 Å². The number of amides is 1. The van der Waals surface area contributed by atoms with Crippen LogP contribution in [-0.2, 0) is 11.3 Å². The zero-order valence-corrected chi connectivity index (χ0v) is 17.5. The van der Waals surface area contributed by atoms with Crippen molar-refractivity contribution in [3.63, 3.8) is 0 Å². The van der Waals surface area contributed by atoms with Crippen molar-refractivity contribution < 1.29 is 14.3 Å². The second-order valence-corrected chi connectivity index (χ2v) is 7.32. The fraction of sp³-hybridized carbons (Fsp3) is 0.0435. The Labute approximate surface area is 188 Å². The van der Waals surface area contributed by atoms with E-state index in [0.29, 0.717) is 21.8 Å². The molecule has 0 aliphatic rings. The predicted octanol–water partition coefficient (Wildman–Crippen LogP) is 4.13. The number of benzene rings is 2. The van der Waals surface area contributed by atoms with Crippen LogP contribution in [-0.4, -0.2) is 26.5 Å². The van der Waals surface area contributed by atoms with E-state index in [1.54, 1.807) is 24.4 Å². The number of nitrogens with zero attached hydrogens (tertiary/aromatic N) is 3. The van der Waals surface area contributed by atoms with Crippen LogP contribution in [0.2, 0.25) is 5.02 Å². The van der Waals surface area contributed by atoms with E-state index in [1.807, 2.05) is 36.4 Å². The van der Waals surface area contributed by atoms with Crippen LogP contribution in [0.1, 0.15) is 16.1 Å². The fourth-order valence-corrected chi connectivity index (χ4v) is 3.40. The highest BCUT2D eigenvalue weighted by molar-refractivity contribution is 6.30. The minimum absolute atomic E-state index is 0.0299. The standard InChI is InChI=1S/C23H18ClN5O3/c24-17-8-4-7-15(9-17)18-11-27-22(25)28-20(18)16-10-19(29(12-16)23(26)31)21(30)32-13-14-5-2-1-3-6-14/h1-12H,13H2,(H2,26,31)(H2,25,27,28). The zero-order chi connectivity index (χ0) is 22.7. The molecule has 4 N–H and O–H groups in total. The molecule has 0 spiro atoms. The first kappa shape index (κ1) is 21.1. The number of nitrogens with two attached hydrogens (primary N) is 2. The molecule has 0 atom stereocenters. The molecule has 0 aliphatic carbocycles. The first-order chi connectivity index (χ1) is 15.4. The predicted molar refractivity (Wildman–Crippen MR) is 121 cm³/mol. The van der Waals surface area contributed by atoms with Gasteiger partial charge in [0.25, 0.3) is 0 Å². The quantitative estimate of drug-likeness (QED) is 0.443. The van der Waals surface area contributed by atoms with Gasteiger partial charge < -0.3 is 16.2 Å². The van der Waals surface area contributed by atoms with Gasteiger partial charge in [-0.25, -0.2) is 19.6 Å². The molecule has 2 aromatic carbocycles. The van der Waals surface area contributed by atoms with Crippen LogP contribution in [0.5, 0.6) is 0 Å². The molecule has 0 unspecified atom stereocenters. The van der Waals surface area contributed by atoms with Crippen LogP contribution in [0.15, 0.2) is 73.1 Å². The van der Waals surface area contributed by atoms with Gasteiger partial charge >= 0.3 is 12.0 Å². The Bertz CT molecular complexity index is 1300. The highest BCUT2D eigenvalue weighted by Crippen LogP contribution is 2.33. The molecule has 2 heterocycles. The Morgan fingerprint density at radius 3 is 2.53 bits per heavy atom. The molecular weight excluding hydrogens is 430 g/mol. The maximum absolute atomic E-state index is 12.7. The summed E-state index contributed by atoms with van der Waals surface area (Å²) in [4.78, 5) is 33.1. The Hall–Kier alpha value is -4.17. The smallest absolute Gasteiger partial charge is 0.355 e. The summed E-state index contributed by atoms with van der Waals surface area (Å²) in [6.45, 7) is 0.0488. The number of hydrogen-bond acceptors (Lipinski definition) is 6. The second kappa shape index (κ2) is 8.91. The van der Waals surface area contributed by atoms with Crippen LogP contribution >= 0.6 is 11.6 Å². The Balaban J connectivity index is 1.73. The van der Waals surface area contributed by atoms with E-state index in [2.05, 4.69) is 9.97 Å². The highest BCUT2D eigenvalue weighted by Gasteiger charge is 2.21. The van der Waals surface area contributed by atoms with Gasteiger partial charge in [0.1, 0.15) is 12.3 Å². The van der Waals surface area contributed by atoms with Crippen LogP contribution < -0.4 is 11.5 Å². The number of hydrogen-bond donors (Lipinski definition) is 2. The zero-order valence-electron chi connectivity index (χ0n) is 16.7. The number of halogens is 1. The van der Waals surface area contributed by atoms with Crippen molar-refractivity contribution in [2.75, 3.05) is 5.73 Å². The minimum atomic E-state index is -0.839. The minimum Gasteiger partial charge on any atom is -0.456 e. The second-order valence-electron chi connectivity index (χ2n) is 6.88. The molecule has 0 aliphatic heterocycles. The number of anilines is 1. The molecule has 2 aromatic heterocycles. The summed E-state index contributed by atoms with van der Waals surface area (Å²) in [7, 11) is 0. The first-order valence-corrected chi connectivity index (χ1v) is 9.92. The monoisotopic (exact) mass is 447 g/mol. The van der Waals surface area contributed by atoms with E-state index in [9.17, 15) is 9.59 Å². The molecule has 8 nitrogen and oxygen atoms in total. The summed E-state index contributed by atoms with van der Waals surface area (Å²) in [6.07, 6.45) is 2.97. The van der Waals surface area contributed by atoms with Crippen molar-refractivity contribution in [3.8, 4) is 22.4 Å². The molecule has 0 saturated carbocycles. The van der Waals surface area contributed by atoms with Gasteiger partial charge in [0.2, 0.25) is 5.95 Å². The molecule has 1 amide bonds. The number of rotatable bonds is 5. The first-order valence-electron chi connectivity index (χ1n) is 9.54. The number of aromatic nitrogens is 3. The van der Waals surface area contributed by atoms with Crippen LogP contribution in [0.25, 0.3) is 22.4 Å². The molecule has 0 fully saturated rings. The van der Waals surface area contributed by atoms with Gasteiger partial charge in [0, 0.05) is 28.5 Å². The SMILES string of the molecule is NC(=O)n1cc(-c2nc(N)ncc2-c2cccc(Cl)c2)cc1C(=O)OCc1ccccc1. The van der Waals surface area contributed by atoms with Crippen molar-refractivity contribution in [2.24, 2.45) is 5.73 Å². The van der Waals surface area contributed by atoms with Gasteiger partial charge in [-0.2, -0.15) is 0 Å². The van der Waals surface area contributed by atoms with Gasteiger partial charge in [-0.1, -0.05) is 54.1 Å². The molecule has 9 heteroatoms. The Morgan fingerprint density at radius 1 is 1.03 bits per heavy atom. The molecule has 0 saturated heterocycles. The summed E-state index contributed by atoms with van der Waals surface area (Å²) in [5.74, 6) is -0.670. The van der Waals surface area contributed by atoms with Gasteiger partial charge in [-0.15, -0.1) is 0 Å². The van der Waals surface area contributed by atoms with E-state index in [1.165, 1.54) is 12.3 Å². The number of nitrogen functional groups attached to an aromatic ring is 1. The average Bonchev–Trinajstić information content (AvgIpc) is 3.24. The van der Waals surface area contributed by atoms with Crippen molar-refractivity contribution in [1.82, 2.24) is 14.5 Å². The molecule has 0 bridgehead atoms. The van der Waals surface area contributed by atoms with E-state index in [0.717, 1.165) is 15.7 Å². The molecular formula is C23H18ClN5O3. The third-order valence-corrected chi connectivity index (χ3v) is 4.93. The lowest BCUT2D eigenvalue weighted by Gasteiger charge is -2.08. The van der Waals surface area contributed by atoms with Crippen LogP contribution in [0.3, 0.4) is 0 Å². The number of ether oxygens (including phenoxy) is 1. The van der Waals surface area contributed by atoms with Gasteiger partial charge in [0.15, 0.2) is 0 Å². The number of carbonyl (C=O) groups is 2. The molecule has 0 radical (unpaired) electrons. The number of esters is 1. The summed E-state index contributed by atoms with van der Waals surface area (Å²) in [5.41, 5.74) is 14.3. The van der Waals surface area contributed by atoms with Crippen molar-refractivity contribution in [3.05, 3.63) is 89.3 Å². The number of carbonyl (C=O) groups excluding carboxylic acids is 2. The van der Waals surface area contributed by atoms with E-state index < -0.39 is 12.0 Å². The lowest BCUT2D eigenvalue weighted by Crippen LogP contribution is -2.23. The maximum atomic E-state index is 12.7. The van der Waals surface area contributed by atoms with Crippen LogP contribution in [0, 0.1) is 0 Å². The lowest BCUT2D eigenvalue weighted by molar-refractivity contribution is 0.0462. The molecule has 160 valence electrons. The van der Waals surface area contributed by atoms with E-state index >= 15 is 0 Å². The third-order valence-electron chi connectivity index (χ3n) is 4.70. The normalized spacial score (nSPS) is 10.7. The van der Waals surface area contributed by atoms with E-state index in [4.69, 9.17) is 27.8 Å². The summed E-state index contributed by atoms with van der Waals surface area (Å²) < 4.78 is 6.38. The molecule has 4 rings (SSSR count). The topological polar surface area (TPSA) is 126 Å². The van der Waals surface area contributed by atoms with Crippen molar-refractivity contribution in [1.29, 1.82) is 0 Å². The fourth-order valence-electron chi connectivity index (χ4n) is 3.21. The molecule has 4 aromatic rings. The Kier molecular flexibility index (Phi) is 5.87. The van der Waals surface area contributed by atoms with E-state index in [-0.39, 0.29) is 18.2 Å². The molecule has 32 heavy (non-hydrogen) atoms. The number of primary amides is 1.